The molecule has 2 heterocycles. The highest BCUT2D eigenvalue weighted by Gasteiger charge is 2.22. The number of nitrogens with zero attached hydrogens (tertiary/aromatic N) is 1. The van der Waals surface area contributed by atoms with Gasteiger partial charge >= 0.3 is 11.9 Å². The molecule has 0 aliphatic heterocycles. The van der Waals surface area contributed by atoms with Crippen LogP contribution in [0.2, 0.25) is 0 Å². The molecule has 0 aliphatic carbocycles. The van der Waals surface area contributed by atoms with Crippen LogP contribution >= 0.6 is 0 Å². The molecule has 3 aromatic rings. The van der Waals surface area contributed by atoms with Crippen LogP contribution in [0.5, 0.6) is 5.75 Å². The molecule has 3 rings (SSSR count). The van der Waals surface area contributed by atoms with Crippen molar-refractivity contribution in [3.63, 3.8) is 0 Å². The van der Waals surface area contributed by atoms with Gasteiger partial charge in [-0.15, -0.1) is 0 Å². The van der Waals surface area contributed by atoms with E-state index in [-0.39, 0.29) is 42.2 Å². The highest BCUT2D eigenvalue weighted by atomic mass is 16.5. The van der Waals surface area contributed by atoms with E-state index in [2.05, 4.69) is 11.6 Å². The maximum absolute atomic E-state index is 12.9. The number of aromatic nitrogens is 1. The molecular weight excluding hydrogens is 414 g/mol. The number of pyridine rings is 1. The van der Waals surface area contributed by atoms with Gasteiger partial charge in [0.2, 0.25) is 5.76 Å². The van der Waals surface area contributed by atoms with Crippen LogP contribution in [0.4, 0.5) is 0 Å². The molecule has 32 heavy (non-hydrogen) atoms. The first-order valence-corrected chi connectivity index (χ1v) is 10.5. The fraction of sp³-hybridized carbons (Fsp3) is 0.333. The molecule has 8 heteroatoms. The zero-order chi connectivity index (χ0) is 23.3. The fourth-order valence-corrected chi connectivity index (χ4v) is 3.38. The Balaban J connectivity index is 2.40. The molecule has 0 bridgehead atoms. The van der Waals surface area contributed by atoms with Gasteiger partial charge in [0.1, 0.15) is 17.9 Å². The van der Waals surface area contributed by atoms with Gasteiger partial charge in [0.25, 0.3) is 0 Å². The normalized spacial score (nSPS) is 10.8. The van der Waals surface area contributed by atoms with Crippen molar-refractivity contribution in [1.82, 2.24) is 4.98 Å². The lowest BCUT2D eigenvalue weighted by Gasteiger charge is -2.14. The average Bonchev–Trinajstić information content (AvgIpc) is 2.78. The Morgan fingerprint density at radius 1 is 1.06 bits per heavy atom. The molecule has 0 spiro atoms. The largest absolute Gasteiger partial charge is 0.489 e. The van der Waals surface area contributed by atoms with E-state index in [1.54, 1.807) is 26.0 Å². The standard InChI is InChI=1S/C24H25NO7/c1-5-9-14-21-16(19(31-10-6-2)12-17(25-21)23(27)29-7-3)11-15-18(26)13-20(32-22(14)15)24(28)30-8-4/h6,11-13H,2,5,7-10H2,1,3-4H3. The number of fused-ring (bicyclic) bond motifs is 2. The molecule has 0 radical (unpaired) electrons. The number of hydrogen-bond donors (Lipinski definition) is 0. The first-order valence-electron chi connectivity index (χ1n) is 10.5. The molecule has 0 atom stereocenters. The van der Waals surface area contributed by atoms with Crippen molar-refractivity contribution in [3.8, 4) is 5.75 Å². The van der Waals surface area contributed by atoms with Crippen LogP contribution in [0.1, 0.15) is 53.8 Å². The number of benzene rings is 1. The second-order valence-electron chi connectivity index (χ2n) is 6.90. The van der Waals surface area contributed by atoms with Crippen molar-refractivity contribution in [3.05, 3.63) is 58.1 Å². The van der Waals surface area contributed by atoms with Crippen LogP contribution in [-0.2, 0) is 15.9 Å². The van der Waals surface area contributed by atoms with Gasteiger partial charge in [0, 0.05) is 23.1 Å². The van der Waals surface area contributed by atoms with E-state index in [1.807, 2.05) is 6.92 Å². The lowest BCUT2D eigenvalue weighted by atomic mass is 10.00. The highest BCUT2D eigenvalue weighted by Crippen LogP contribution is 2.34. The van der Waals surface area contributed by atoms with Crippen molar-refractivity contribution in [2.24, 2.45) is 0 Å². The zero-order valence-electron chi connectivity index (χ0n) is 18.4. The van der Waals surface area contributed by atoms with Gasteiger partial charge in [0.15, 0.2) is 11.1 Å². The Bertz CT molecular complexity index is 1240. The topological polar surface area (TPSA) is 105 Å². The number of carbonyl (C=O) groups is 2. The molecular formula is C24H25NO7. The highest BCUT2D eigenvalue weighted by molar-refractivity contribution is 6.03. The number of hydrogen-bond acceptors (Lipinski definition) is 8. The summed E-state index contributed by atoms with van der Waals surface area (Å²) in [5.74, 6) is -1.14. The minimum atomic E-state index is -0.725. The molecule has 0 aliphatic rings. The van der Waals surface area contributed by atoms with Gasteiger partial charge in [-0.3, -0.25) is 4.79 Å². The summed E-state index contributed by atoms with van der Waals surface area (Å²) in [6, 6.07) is 4.21. The number of rotatable bonds is 9. The number of carbonyl (C=O) groups excluding carboxylic acids is 2. The molecule has 0 N–H and O–H groups in total. The Morgan fingerprint density at radius 2 is 1.78 bits per heavy atom. The van der Waals surface area contributed by atoms with E-state index in [0.717, 1.165) is 6.07 Å². The Morgan fingerprint density at radius 3 is 2.44 bits per heavy atom. The smallest absolute Gasteiger partial charge is 0.374 e. The summed E-state index contributed by atoms with van der Waals surface area (Å²) in [5, 5.41) is 0.829. The maximum atomic E-state index is 12.9. The monoisotopic (exact) mass is 439 g/mol. The second kappa shape index (κ2) is 10.1. The summed E-state index contributed by atoms with van der Waals surface area (Å²) < 4.78 is 21.7. The third-order valence-corrected chi connectivity index (χ3v) is 4.67. The number of ether oxygens (including phenoxy) is 3. The van der Waals surface area contributed by atoms with Crippen LogP contribution in [0.15, 0.2) is 40.1 Å². The predicted molar refractivity (Wildman–Crippen MR) is 119 cm³/mol. The van der Waals surface area contributed by atoms with Crippen LogP contribution < -0.4 is 10.2 Å². The lowest BCUT2D eigenvalue weighted by Crippen LogP contribution is -2.12. The Hall–Kier alpha value is -3.68. The third-order valence-electron chi connectivity index (χ3n) is 4.67. The second-order valence-corrected chi connectivity index (χ2v) is 6.90. The molecule has 0 unspecified atom stereocenters. The van der Waals surface area contributed by atoms with E-state index in [9.17, 15) is 14.4 Å². The van der Waals surface area contributed by atoms with Crippen molar-refractivity contribution < 1.29 is 28.2 Å². The molecule has 1 aromatic carbocycles. The SMILES string of the molecule is C=CCOc1cc(C(=O)OCC)nc2c(CCC)c3oc(C(=O)OCC)cc(=O)c3cc12. The number of esters is 2. The molecule has 0 amide bonds. The molecule has 0 fully saturated rings. The van der Waals surface area contributed by atoms with Crippen molar-refractivity contribution in [2.75, 3.05) is 19.8 Å². The van der Waals surface area contributed by atoms with E-state index < -0.39 is 17.4 Å². The van der Waals surface area contributed by atoms with Crippen LogP contribution in [0.3, 0.4) is 0 Å². The summed E-state index contributed by atoms with van der Waals surface area (Å²) in [6.07, 6.45) is 2.77. The Kier molecular flexibility index (Phi) is 7.25. The van der Waals surface area contributed by atoms with E-state index >= 15 is 0 Å². The first kappa shape index (κ1) is 23.0. The van der Waals surface area contributed by atoms with Crippen molar-refractivity contribution >= 4 is 33.8 Å². The van der Waals surface area contributed by atoms with Crippen molar-refractivity contribution in [1.29, 1.82) is 0 Å². The molecule has 0 saturated heterocycles. The fourth-order valence-electron chi connectivity index (χ4n) is 3.38. The number of aryl methyl sites for hydroxylation is 1. The van der Waals surface area contributed by atoms with E-state index in [4.69, 9.17) is 18.6 Å². The van der Waals surface area contributed by atoms with Gasteiger partial charge in [-0.2, -0.15) is 0 Å². The molecule has 8 nitrogen and oxygen atoms in total. The zero-order valence-corrected chi connectivity index (χ0v) is 18.4. The third kappa shape index (κ3) is 4.49. The maximum Gasteiger partial charge on any atom is 0.374 e. The minimum Gasteiger partial charge on any atom is -0.489 e. The van der Waals surface area contributed by atoms with Gasteiger partial charge < -0.3 is 18.6 Å². The van der Waals surface area contributed by atoms with Gasteiger partial charge in [0.05, 0.1) is 24.1 Å². The summed E-state index contributed by atoms with van der Waals surface area (Å²) in [6.45, 7) is 9.52. The van der Waals surface area contributed by atoms with Crippen molar-refractivity contribution in [2.45, 2.75) is 33.6 Å². The van der Waals surface area contributed by atoms with Crippen LogP contribution in [0, 0.1) is 0 Å². The van der Waals surface area contributed by atoms with Crippen LogP contribution in [-0.4, -0.2) is 36.7 Å². The first-order chi connectivity index (χ1) is 15.4. The van der Waals surface area contributed by atoms with E-state index in [0.29, 0.717) is 35.1 Å². The molecule has 0 saturated carbocycles. The summed E-state index contributed by atoms with van der Waals surface area (Å²) in [5.41, 5.74) is 0.945. The summed E-state index contributed by atoms with van der Waals surface area (Å²) in [7, 11) is 0. The van der Waals surface area contributed by atoms with Gasteiger partial charge in [-0.1, -0.05) is 26.0 Å². The van der Waals surface area contributed by atoms with Crippen LogP contribution in [0.25, 0.3) is 21.9 Å². The molecule has 168 valence electrons. The molecule has 2 aromatic heterocycles. The minimum absolute atomic E-state index is 0.0685. The van der Waals surface area contributed by atoms with E-state index in [1.165, 1.54) is 6.07 Å². The average molecular weight is 439 g/mol. The van der Waals surface area contributed by atoms with Gasteiger partial charge in [-0.05, 0) is 26.3 Å². The van der Waals surface area contributed by atoms with Gasteiger partial charge in [-0.25, -0.2) is 14.6 Å². The predicted octanol–water partition coefficient (Wildman–Crippen LogP) is 4.21. The Labute approximate surface area is 184 Å². The summed E-state index contributed by atoms with van der Waals surface area (Å²) in [4.78, 5) is 42.0. The lowest BCUT2D eigenvalue weighted by molar-refractivity contribution is 0.0488. The summed E-state index contributed by atoms with van der Waals surface area (Å²) >= 11 is 0. The quantitative estimate of drug-likeness (QED) is 0.277.